The minimum Gasteiger partial charge on any atom is -0.497 e. The molecule has 2 aromatic rings. The van der Waals surface area contributed by atoms with Crippen LogP contribution in [0.15, 0.2) is 47.6 Å². The van der Waals surface area contributed by atoms with Gasteiger partial charge >= 0.3 is 11.8 Å². The summed E-state index contributed by atoms with van der Waals surface area (Å²) in [6, 6.07) is 11.9. The van der Waals surface area contributed by atoms with Crippen LogP contribution < -0.4 is 25.0 Å². The summed E-state index contributed by atoms with van der Waals surface area (Å²) in [5.41, 5.74) is 3.30. The number of nitrogens with one attached hydrogen (secondary N) is 2. The number of hydrogen-bond acceptors (Lipinski definition) is 6. The fourth-order valence-electron chi connectivity index (χ4n) is 2.20. The van der Waals surface area contributed by atoms with E-state index in [0.29, 0.717) is 35.1 Å². The minimum atomic E-state index is -0.895. The molecule has 2 rings (SSSR count). The van der Waals surface area contributed by atoms with Gasteiger partial charge in [0.25, 0.3) is 0 Å². The van der Waals surface area contributed by atoms with Crippen molar-refractivity contribution in [1.29, 1.82) is 0 Å². The molecule has 0 fully saturated rings. The smallest absolute Gasteiger partial charge is 0.329 e. The van der Waals surface area contributed by atoms with Gasteiger partial charge in [0.15, 0.2) is 11.5 Å². The van der Waals surface area contributed by atoms with Gasteiger partial charge in [-0.2, -0.15) is 5.10 Å². The number of hydrogen-bond donors (Lipinski definition) is 2. The van der Waals surface area contributed by atoms with E-state index in [9.17, 15) is 9.59 Å². The second kappa shape index (κ2) is 10.6. The average molecular weight is 385 g/mol. The van der Waals surface area contributed by atoms with Crippen LogP contribution in [0.4, 0.5) is 5.69 Å². The third-order valence-corrected chi connectivity index (χ3v) is 3.56. The van der Waals surface area contributed by atoms with Gasteiger partial charge in [0, 0.05) is 11.8 Å². The minimum absolute atomic E-state index is 0.441. The van der Waals surface area contributed by atoms with E-state index in [1.54, 1.807) is 49.6 Å². The van der Waals surface area contributed by atoms with Crippen LogP contribution in [0.5, 0.6) is 17.2 Å². The molecule has 2 N–H and O–H groups in total. The van der Waals surface area contributed by atoms with Crippen LogP contribution in [0.2, 0.25) is 0 Å². The van der Waals surface area contributed by atoms with Gasteiger partial charge < -0.3 is 19.5 Å². The number of benzene rings is 2. The predicted octanol–water partition coefficient (Wildman–Crippen LogP) is 2.58. The molecule has 0 saturated heterocycles. The third-order valence-electron chi connectivity index (χ3n) is 3.56. The lowest BCUT2D eigenvalue weighted by Gasteiger charge is -2.10. The molecule has 28 heavy (non-hydrogen) atoms. The molecule has 0 aliphatic heterocycles. The Kier molecular flexibility index (Phi) is 7.83. The summed E-state index contributed by atoms with van der Waals surface area (Å²) < 4.78 is 15.9. The molecule has 2 amide bonds. The van der Waals surface area contributed by atoms with Gasteiger partial charge in [0.2, 0.25) is 0 Å². The normalized spacial score (nSPS) is 10.4. The number of nitrogens with zero attached hydrogens (tertiary/aromatic N) is 1. The summed E-state index contributed by atoms with van der Waals surface area (Å²) in [5.74, 6) is 0.0134. The summed E-state index contributed by atoms with van der Waals surface area (Å²) in [5, 5.41) is 6.27. The Morgan fingerprint density at radius 3 is 2.57 bits per heavy atom. The highest BCUT2D eigenvalue weighted by Crippen LogP contribution is 2.27. The van der Waals surface area contributed by atoms with E-state index >= 15 is 0 Å². The first-order chi connectivity index (χ1) is 13.6. The molecule has 0 atom stereocenters. The molecule has 2 aromatic carbocycles. The molecule has 0 radical (unpaired) electrons. The highest BCUT2D eigenvalue weighted by Gasteiger charge is 2.13. The van der Waals surface area contributed by atoms with Crippen molar-refractivity contribution in [3.8, 4) is 17.2 Å². The van der Waals surface area contributed by atoms with Gasteiger partial charge in [-0.15, -0.1) is 0 Å². The van der Waals surface area contributed by atoms with Crippen LogP contribution in [0, 0.1) is 0 Å². The lowest BCUT2D eigenvalue weighted by molar-refractivity contribution is -0.136. The van der Waals surface area contributed by atoms with Crippen LogP contribution in [0.25, 0.3) is 0 Å². The Bertz CT molecular complexity index is 851. The number of ether oxygens (including phenoxy) is 3. The highest BCUT2D eigenvalue weighted by atomic mass is 16.5. The molecule has 0 aliphatic rings. The van der Waals surface area contributed by atoms with Gasteiger partial charge in [-0.05, 0) is 42.3 Å². The zero-order valence-electron chi connectivity index (χ0n) is 16.0. The number of hydrazone groups is 1. The van der Waals surface area contributed by atoms with Crippen LogP contribution in [-0.2, 0) is 9.59 Å². The molecule has 0 heterocycles. The van der Waals surface area contributed by atoms with E-state index in [1.807, 2.05) is 6.92 Å². The first-order valence-corrected chi connectivity index (χ1v) is 8.66. The van der Waals surface area contributed by atoms with Crippen molar-refractivity contribution in [1.82, 2.24) is 5.43 Å². The SMILES string of the molecule is CCCOc1ccc(/C=N\NC(=O)C(=O)Nc2cccc(OC)c2)cc1OC. The molecule has 0 aliphatic carbocycles. The summed E-state index contributed by atoms with van der Waals surface area (Å²) in [6.07, 6.45) is 2.29. The number of rotatable bonds is 8. The molecule has 0 saturated carbocycles. The lowest BCUT2D eigenvalue weighted by atomic mass is 10.2. The Labute approximate surface area is 163 Å². The van der Waals surface area contributed by atoms with Crippen LogP contribution in [0.3, 0.4) is 0 Å². The lowest BCUT2D eigenvalue weighted by Crippen LogP contribution is -2.32. The largest absolute Gasteiger partial charge is 0.497 e. The van der Waals surface area contributed by atoms with Crippen LogP contribution >= 0.6 is 0 Å². The van der Waals surface area contributed by atoms with Crippen molar-refractivity contribution in [3.05, 3.63) is 48.0 Å². The van der Waals surface area contributed by atoms with Crippen molar-refractivity contribution in [3.63, 3.8) is 0 Å². The van der Waals surface area contributed by atoms with E-state index < -0.39 is 11.8 Å². The molecule has 0 spiro atoms. The molecular weight excluding hydrogens is 362 g/mol. The number of carbonyl (C=O) groups is 2. The molecule has 0 aromatic heterocycles. The monoisotopic (exact) mass is 385 g/mol. The topological polar surface area (TPSA) is 98.2 Å². The Morgan fingerprint density at radius 2 is 1.86 bits per heavy atom. The standard InChI is InChI=1S/C20H23N3O5/c1-4-10-28-17-9-8-14(11-18(17)27-3)13-21-23-20(25)19(24)22-15-6-5-7-16(12-15)26-2/h5-9,11-13H,4,10H2,1-3H3,(H,22,24)(H,23,25)/b21-13-. The Balaban J connectivity index is 1.93. The van der Waals surface area contributed by atoms with E-state index in [0.717, 1.165) is 6.42 Å². The Hall–Kier alpha value is -3.55. The van der Waals surface area contributed by atoms with Crippen LogP contribution in [-0.4, -0.2) is 38.9 Å². The van der Waals surface area contributed by atoms with Gasteiger partial charge in [-0.3, -0.25) is 9.59 Å². The van der Waals surface area contributed by atoms with E-state index in [-0.39, 0.29) is 0 Å². The van der Waals surface area contributed by atoms with Crippen molar-refractivity contribution >= 4 is 23.7 Å². The first-order valence-electron chi connectivity index (χ1n) is 8.66. The van der Waals surface area contributed by atoms with Gasteiger partial charge in [-0.1, -0.05) is 13.0 Å². The van der Waals surface area contributed by atoms with Crippen LogP contribution in [0.1, 0.15) is 18.9 Å². The maximum atomic E-state index is 11.9. The highest BCUT2D eigenvalue weighted by molar-refractivity contribution is 6.39. The van der Waals surface area contributed by atoms with Crippen molar-refractivity contribution in [2.45, 2.75) is 13.3 Å². The second-order valence-corrected chi connectivity index (χ2v) is 5.64. The summed E-state index contributed by atoms with van der Waals surface area (Å²) in [4.78, 5) is 23.8. The second-order valence-electron chi connectivity index (χ2n) is 5.64. The Morgan fingerprint density at radius 1 is 1.04 bits per heavy atom. The molecule has 0 unspecified atom stereocenters. The summed E-state index contributed by atoms with van der Waals surface area (Å²) >= 11 is 0. The van der Waals surface area contributed by atoms with E-state index in [1.165, 1.54) is 13.3 Å². The number of carbonyl (C=O) groups excluding carboxylic acids is 2. The molecule has 148 valence electrons. The van der Waals surface area contributed by atoms with Gasteiger partial charge in [-0.25, -0.2) is 5.43 Å². The van der Waals surface area contributed by atoms with Crippen molar-refractivity contribution in [2.24, 2.45) is 5.10 Å². The first kappa shape index (κ1) is 20.8. The summed E-state index contributed by atoms with van der Waals surface area (Å²) in [7, 11) is 3.06. The molecular formula is C20H23N3O5. The predicted molar refractivity (Wildman–Crippen MR) is 106 cm³/mol. The number of anilines is 1. The third kappa shape index (κ3) is 6.01. The molecule has 8 nitrogen and oxygen atoms in total. The summed E-state index contributed by atoms with van der Waals surface area (Å²) in [6.45, 7) is 2.60. The fraction of sp³-hybridized carbons (Fsp3) is 0.250. The van der Waals surface area contributed by atoms with E-state index in [4.69, 9.17) is 14.2 Å². The zero-order chi connectivity index (χ0) is 20.4. The van der Waals surface area contributed by atoms with E-state index in [2.05, 4.69) is 15.8 Å². The number of methoxy groups -OCH3 is 2. The number of amides is 2. The molecule has 8 heteroatoms. The van der Waals surface area contributed by atoms with Gasteiger partial charge in [0.1, 0.15) is 5.75 Å². The molecule has 0 bridgehead atoms. The quantitative estimate of drug-likeness (QED) is 0.413. The van der Waals surface area contributed by atoms with Gasteiger partial charge in [0.05, 0.1) is 27.0 Å². The van der Waals surface area contributed by atoms with Crippen molar-refractivity contribution in [2.75, 3.05) is 26.1 Å². The fourth-order valence-corrected chi connectivity index (χ4v) is 2.20. The maximum absolute atomic E-state index is 11.9. The van der Waals surface area contributed by atoms with Crippen molar-refractivity contribution < 1.29 is 23.8 Å². The maximum Gasteiger partial charge on any atom is 0.329 e. The zero-order valence-corrected chi connectivity index (χ0v) is 16.0. The average Bonchev–Trinajstić information content (AvgIpc) is 2.72.